The van der Waals surface area contributed by atoms with Crippen LogP contribution in [0.3, 0.4) is 0 Å². The fourth-order valence-electron chi connectivity index (χ4n) is 4.84. The van der Waals surface area contributed by atoms with Gasteiger partial charge < -0.3 is 10.0 Å². The fourth-order valence-corrected chi connectivity index (χ4v) is 4.84. The van der Waals surface area contributed by atoms with Crippen molar-refractivity contribution in [1.29, 1.82) is 0 Å². The van der Waals surface area contributed by atoms with E-state index in [9.17, 15) is 14.0 Å². The van der Waals surface area contributed by atoms with E-state index in [1.54, 1.807) is 12.1 Å². The summed E-state index contributed by atoms with van der Waals surface area (Å²) in [6.07, 6.45) is 2.31. The van der Waals surface area contributed by atoms with Crippen LogP contribution < -0.4 is 0 Å². The summed E-state index contributed by atoms with van der Waals surface area (Å²) in [5, 5.41) is 14.9. The van der Waals surface area contributed by atoms with E-state index in [1.807, 2.05) is 23.1 Å². The second kappa shape index (κ2) is 10.1. The number of halogens is 1. The van der Waals surface area contributed by atoms with E-state index in [4.69, 9.17) is 9.90 Å². The Hall–Kier alpha value is -3.59. The number of Topliss-reactive ketones (excluding diaryl/α,β-unsaturated/α-hetero) is 1. The summed E-state index contributed by atoms with van der Waals surface area (Å²) in [7, 11) is 2.11. The van der Waals surface area contributed by atoms with Crippen molar-refractivity contribution in [2.75, 3.05) is 20.1 Å². The molecule has 9 heteroatoms. The number of nitrogens with one attached hydrogen (secondary N) is 1. The van der Waals surface area contributed by atoms with Crippen molar-refractivity contribution in [2.45, 2.75) is 37.8 Å². The maximum atomic E-state index is 13.2. The molecule has 2 bridgehead atoms. The van der Waals surface area contributed by atoms with Crippen LogP contribution in [-0.2, 0) is 22.4 Å². The largest absolute Gasteiger partial charge is 0.483 e. The molecule has 8 nitrogen and oxygen atoms in total. The number of aromatic nitrogens is 2. The molecule has 0 radical (unpaired) electrons. The third-order valence-corrected chi connectivity index (χ3v) is 6.61. The number of amides is 1. The minimum absolute atomic E-state index is 0.0355. The molecule has 34 heavy (non-hydrogen) atoms. The number of piperazine rings is 1. The van der Waals surface area contributed by atoms with Crippen LogP contribution in [-0.4, -0.2) is 75.5 Å². The molecule has 1 aromatic heterocycles. The summed E-state index contributed by atoms with van der Waals surface area (Å²) >= 11 is 0. The van der Waals surface area contributed by atoms with Gasteiger partial charge in [0.15, 0.2) is 5.69 Å². The number of aromatic amines is 1. The lowest BCUT2D eigenvalue weighted by molar-refractivity contribution is -0.123. The number of aryl methyl sites for hydroxylation is 1. The number of hydrogen-bond donors (Lipinski definition) is 2. The Morgan fingerprint density at radius 1 is 1.15 bits per heavy atom. The number of ketones is 1. The molecular formula is C25H27FN4O4. The van der Waals surface area contributed by atoms with E-state index >= 15 is 0 Å². The molecule has 2 aliphatic rings. The highest BCUT2D eigenvalue weighted by Gasteiger charge is 2.44. The quantitative estimate of drug-likeness (QED) is 0.541. The Balaban J connectivity index is 0.000000868. The van der Waals surface area contributed by atoms with Gasteiger partial charge >= 0.3 is 0 Å². The molecule has 2 atom stereocenters. The molecule has 0 aliphatic carbocycles. The van der Waals surface area contributed by atoms with E-state index in [0.717, 1.165) is 41.5 Å². The van der Waals surface area contributed by atoms with Crippen LogP contribution >= 0.6 is 0 Å². The summed E-state index contributed by atoms with van der Waals surface area (Å²) in [5.41, 5.74) is 3.05. The fraction of sp³-hybridized carbons (Fsp3) is 0.360. The predicted molar refractivity (Wildman–Crippen MR) is 124 cm³/mol. The standard InChI is InChI=1S/C24H25FN4O2.CH2O2/c1-28-13-19-12-18(28)14-29(19)24(31)23-21-11-16(5-9-22(21)26-27-23)10-20(30)8-4-15-2-6-17(25)7-3-15;2-1-3/h2-3,5-7,9,11,18-19H,4,8,10,12-14H2,1H3,(H,26,27);1H,(H,2,3)/t18-,19-;/m0./s1. The number of carboxylic acid groups (broad SMARTS) is 1. The molecule has 178 valence electrons. The van der Waals surface area contributed by atoms with E-state index in [-0.39, 0.29) is 30.0 Å². The van der Waals surface area contributed by atoms with Crippen LogP contribution in [0.2, 0.25) is 0 Å². The Morgan fingerprint density at radius 3 is 2.50 bits per heavy atom. The Bertz CT molecular complexity index is 1190. The van der Waals surface area contributed by atoms with Crippen molar-refractivity contribution in [3.63, 3.8) is 0 Å². The number of likely N-dealkylation sites (N-methyl/N-ethyl adjacent to an activating group) is 1. The second-order valence-corrected chi connectivity index (χ2v) is 8.84. The van der Waals surface area contributed by atoms with Crippen molar-refractivity contribution in [2.24, 2.45) is 0 Å². The smallest absolute Gasteiger partial charge is 0.290 e. The molecule has 0 spiro atoms. The zero-order chi connectivity index (χ0) is 24.2. The number of carbonyl (C=O) groups is 3. The van der Waals surface area contributed by atoms with Crippen LogP contribution in [0.5, 0.6) is 0 Å². The van der Waals surface area contributed by atoms with Crippen molar-refractivity contribution < 1.29 is 23.9 Å². The zero-order valence-electron chi connectivity index (χ0n) is 18.9. The van der Waals surface area contributed by atoms with E-state index in [1.165, 1.54) is 12.1 Å². The minimum Gasteiger partial charge on any atom is -0.483 e. The Morgan fingerprint density at radius 2 is 1.85 bits per heavy atom. The van der Waals surface area contributed by atoms with Crippen molar-refractivity contribution in [1.82, 2.24) is 20.0 Å². The van der Waals surface area contributed by atoms with Gasteiger partial charge in [0.25, 0.3) is 12.4 Å². The van der Waals surface area contributed by atoms with Crippen molar-refractivity contribution in [3.8, 4) is 0 Å². The van der Waals surface area contributed by atoms with Gasteiger partial charge in [-0.2, -0.15) is 5.10 Å². The van der Waals surface area contributed by atoms with Crippen LogP contribution in [0.25, 0.3) is 10.9 Å². The van der Waals surface area contributed by atoms with E-state index < -0.39 is 0 Å². The highest BCUT2D eigenvalue weighted by Crippen LogP contribution is 2.31. The van der Waals surface area contributed by atoms with Gasteiger partial charge in [0.2, 0.25) is 0 Å². The van der Waals surface area contributed by atoms with Crippen molar-refractivity contribution >= 4 is 29.1 Å². The van der Waals surface area contributed by atoms with Gasteiger partial charge in [0, 0.05) is 43.4 Å². The Labute approximate surface area is 196 Å². The molecule has 3 heterocycles. The van der Waals surface area contributed by atoms with Gasteiger partial charge in [-0.15, -0.1) is 0 Å². The minimum atomic E-state index is -0.275. The summed E-state index contributed by atoms with van der Waals surface area (Å²) in [4.78, 5) is 38.3. The lowest BCUT2D eigenvalue weighted by Gasteiger charge is -2.31. The summed E-state index contributed by atoms with van der Waals surface area (Å²) in [5.74, 6) is -0.200. The molecular weight excluding hydrogens is 439 g/mol. The maximum Gasteiger partial charge on any atom is 0.290 e. The first-order valence-corrected chi connectivity index (χ1v) is 11.2. The molecule has 2 saturated heterocycles. The lowest BCUT2D eigenvalue weighted by Crippen LogP contribution is -2.47. The molecule has 2 N–H and O–H groups in total. The molecule has 5 rings (SSSR count). The third kappa shape index (κ3) is 4.99. The molecule has 1 amide bonds. The maximum absolute atomic E-state index is 13.2. The first kappa shape index (κ1) is 23.6. The summed E-state index contributed by atoms with van der Waals surface area (Å²) in [6, 6.07) is 12.6. The van der Waals surface area contributed by atoms with Gasteiger partial charge in [0.05, 0.1) is 5.52 Å². The summed E-state index contributed by atoms with van der Waals surface area (Å²) < 4.78 is 13.0. The second-order valence-electron chi connectivity index (χ2n) is 8.84. The summed E-state index contributed by atoms with van der Waals surface area (Å²) in [6.45, 7) is 1.41. The molecule has 2 fully saturated rings. The first-order valence-electron chi connectivity index (χ1n) is 11.2. The average Bonchev–Trinajstić information content (AvgIpc) is 3.52. The van der Waals surface area contributed by atoms with E-state index in [2.05, 4.69) is 22.1 Å². The number of H-pyrrole nitrogens is 1. The number of nitrogens with zero attached hydrogens (tertiary/aromatic N) is 3. The number of fused-ring (bicyclic) bond motifs is 3. The van der Waals surface area contributed by atoms with Crippen LogP contribution in [0.4, 0.5) is 4.39 Å². The van der Waals surface area contributed by atoms with Gasteiger partial charge in [-0.3, -0.25) is 24.4 Å². The van der Waals surface area contributed by atoms with Gasteiger partial charge in [0.1, 0.15) is 11.6 Å². The predicted octanol–water partition coefficient (Wildman–Crippen LogP) is 2.68. The van der Waals surface area contributed by atoms with Gasteiger partial charge in [-0.25, -0.2) is 4.39 Å². The normalized spacial score (nSPS) is 19.2. The molecule has 3 aromatic rings. The van der Waals surface area contributed by atoms with Crippen LogP contribution in [0.1, 0.15) is 34.5 Å². The topological polar surface area (TPSA) is 107 Å². The first-order chi connectivity index (χ1) is 16.4. The number of rotatable bonds is 6. The highest BCUT2D eigenvalue weighted by molar-refractivity contribution is 6.05. The highest BCUT2D eigenvalue weighted by atomic mass is 19.1. The number of likely N-dealkylation sites (tertiary alicyclic amines) is 2. The van der Waals surface area contributed by atoms with E-state index in [0.29, 0.717) is 31.0 Å². The number of benzene rings is 2. The number of carbonyl (C=O) groups excluding carboxylic acids is 2. The van der Waals surface area contributed by atoms with Gasteiger partial charge in [-0.1, -0.05) is 18.2 Å². The third-order valence-electron chi connectivity index (χ3n) is 6.61. The molecule has 2 aliphatic heterocycles. The van der Waals surface area contributed by atoms with Crippen LogP contribution in [0.15, 0.2) is 42.5 Å². The number of hydrogen-bond acceptors (Lipinski definition) is 5. The Kier molecular flexibility index (Phi) is 7.02. The average molecular weight is 467 g/mol. The molecule has 0 unspecified atom stereocenters. The van der Waals surface area contributed by atoms with Crippen LogP contribution in [0, 0.1) is 5.82 Å². The lowest BCUT2D eigenvalue weighted by atomic mass is 10.0. The monoisotopic (exact) mass is 466 g/mol. The SMILES string of the molecule is CN1C[C@@H]2C[C@H]1CN2C(=O)c1n[nH]c2ccc(CC(=O)CCc3ccc(F)cc3)cc12.O=CO. The van der Waals surface area contributed by atoms with Crippen molar-refractivity contribution in [3.05, 3.63) is 65.1 Å². The molecule has 0 saturated carbocycles. The molecule has 2 aromatic carbocycles. The zero-order valence-corrected chi connectivity index (χ0v) is 18.9. The van der Waals surface area contributed by atoms with Gasteiger partial charge in [-0.05, 0) is 55.3 Å².